The molecule has 0 aliphatic heterocycles. The Morgan fingerprint density at radius 2 is 1.75 bits per heavy atom. The van der Waals surface area contributed by atoms with Crippen LogP contribution in [0.4, 0.5) is 0 Å². The van der Waals surface area contributed by atoms with E-state index in [9.17, 15) is 0 Å². The summed E-state index contributed by atoms with van der Waals surface area (Å²) < 4.78 is 2.41. The predicted molar refractivity (Wildman–Crippen MR) is 77.9 cm³/mol. The number of hydrogen-bond donors (Lipinski definition) is 1. The first-order valence-corrected chi connectivity index (χ1v) is 6.30. The lowest BCUT2D eigenvalue weighted by Crippen LogP contribution is -1.96. The zero-order valence-corrected chi connectivity index (χ0v) is 11.1. The Morgan fingerprint density at radius 3 is 2.50 bits per heavy atom. The Kier molecular flexibility index (Phi) is 2.83. The monoisotopic (exact) mass is 276 g/mol. The number of imidazole rings is 1. The minimum atomic E-state index is 0.345. The Labute approximate surface area is 120 Å². The lowest BCUT2D eigenvalue weighted by atomic mass is 10.1. The van der Waals surface area contributed by atoms with E-state index in [2.05, 4.69) is 4.98 Å². The number of para-hydroxylation sites is 2. The van der Waals surface area contributed by atoms with Crippen LogP contribution in [0.1, 0.15) is 11.1 Å². The SMILES string of the molecule is N#Cc1ccc(-n2c(=S)[nH]c3ccccc32)cc1C#N. The normalized spacial score (nSPS) is 10.1. The minimum absolute atomic E-state index is 0.345. The molecule has 0 bridgehead atoms. The molecule has 0 amide bonds. The van der Waals surface area contributed by atoms with Crippen LogP contribution in [0.5, 0.6) is 0 Å². The van der Waals surface area contributed by atoms with E-state index in [1.165, 1.54) is 0 Å². The highest BCUT2D eigenvalue weighted by Crippen LogP contribution is 2.21. The second kappa shape index (κ2) is 4.65. The topological polar surface area (TPSA) is 68.3 Å². The molecule has 1 heterocycles. The van der Waals surface area contributed by atoms with Crippen molar-refractivity contribution in [3.05, 3.63) is 58.4 Å². The van der Waals surface area contributed by atoms with E-state index in [1.807, 2.05) is 41.0 Å². The highest BCUT2D eigenvalue weighted by molar-refractivity contribution is 7.71. The first kappa shape index (κ1) is 12.2. The molecule has 2 aromatic carbocycles. The summed E-state index contributed by atoms with van der Waals surface area (Å²) in [6, 6.07) is 16.9. The van der Waals surface area contributed by atoms with E-state index >= 15 is 0 Å². The fourth-order valence-corrected chi connectivity index (χ4v) is 2.49. The second-order valence-corrected chi connectivity index (χ2v) is 4.62. The summed E-state index contributed by atoms with van der Waals surface area (Å²) in [5, 5.41) is 18.1. The van der Waals surface area contributed by atoms with Gasteiger partial charge >= 0.3 is 0 Å². The average Bonchev–Trinajstić information content (AvgIpc) is 2.82. The number of fused-ring (bicyclic) bond motifs is 1. The number of rotatable bonds is 1. The van der Waals surface area contributed by atoms with E-state index in [0.717, 1.165) is 16.7 Å². The van der Waals surface area contributed by atoms with Gasteiger partial charge in [-0.15, -0.1) is 0 Å². The van der Waals surface area contributed by atoms with Crippen LogP contribution in [0.3, 0.4) is 0 Å². The third kappa shape index (κ3) is 1.78. The molecule has 0 unspecified atom stereocenters. The summed E-state index contributed by atoms with van der Waals surface area (Å²) in [5.41, 5.74) is 3.34. The molecule has 0 fully saturated rings. The van der Waals surface area contributed by atoms with Gasteiger partial charge in [0.1, 0.15) is 12.1 Å². The molecule has 0 radical (unpaired) electrons. The van der Waals surface area contributed by atoms with Crippen LogP contribution in [-0.4, -0.2) is 9.55 Å². The van der Waals surface area contributed by atoms with Gasteiger partial charge < -0.3 is 4.98 Å². The second-order valence-electron chi connectivity index (χ2n) is 4.24. The molecule has 0 atom stereocenters. The molecular formula is C15H8N4S. The summed E-state index contributed by atoms with van der Waals surface area (Å²) in [6.07, 6.45) is 0. The molecule has 1 aromatic heterocycles. The van der Waals surface area contributed by atoms with Gasteiger partial charge in [-0.25, -0.2) is 0 Å². The maximum absolute atomic E-state index is 9.11. The first-order valence-electron chi connectivity index (χ1n) is 5.89. The average molecular weight is 276 g/mol. The summed E-state index contributed by atoms with van der Waals surface area (Å²) in [6.45, 7) is 0. The maximum atomic E-state index is 9.11. The van der Waals surface area contributed by atoms with Crippen molar-refractivity contribution in [2.24, 2.45) is 0 Å². The zero-order valence-electron chi connectivity index (χ0n) is 10.3. The third-order valence-corrected chi connectivity index (χ3v) is 3.38. The summed E-state index contributed by atoms with van der Waals surface area (Å²) in [4.78, 5) is 3.12. The van der Waals surface area contributed by atoms with Gasteiger partial charge in [0.2, 0.25) is 0 Å². The van der Waals surface area contributed by atoms with Crippen molar-refractivity contribution in [2.75, 3.05) is 0 Å². The van der Waals surface area contributed by atoms with Crippen LogP contribution in [0.2, 0.25) is 0 Å². The van der Waals surface area contributed by atoms with Crippen molar-refractivity contribution in [1.82, 2.24) is 9.55 Å². The lowest BCUT2D eigenvalue weighted by molar-refractivity contribution is 1.06. The lowest BCUT2D eigenvalue weighted by Gasteiger charge is -2.05. The molecule has 1 N–H and O–H groups in total. The number of nitrogens with zero attached hydrogens (tertiary/aromatic N) is 3. The maximum Gasteiger partial charge on any atom is 0.182 e. The van der Waals surface area contributed by atoms with Crippen molar-refractivity contribution in [1.29, 1.82) is 10.5 Å². The van der Waals surface area contributed by atoms with Gasteiger partial charge in [0.05, 0.1) is 22.2 Å². The largest absolute Gasteiger partial charge is 0.330 e. The number of nitrogens with one attached hydrogen (secondary N) is 1. The van der Waals surface area contributed by atoms with Gasteiger partial charge in [-0.2, -0.15) is 10.5 Å². The third-order valence-electron chi connectivity index (χ3n) is 3.09. The molecule has 4 nitrogen and oxygen atoms in total. The number of benzene rings is 2. The van der Waals surface area contributed by atoms with Crippen molar-refractivity contribution in [3.63, 3.8) is 0 Å². The number of H-pyrrole nitrogens is 1. The Bertz CT molecular complexity index is 950. The summed E-state index contributed by atoms with van der Waals surface area (Å²) in [5.74, 6) is 0. The molecule has 0 spiro atoms. The van der Waals surface area contributed by atoms with Crippen LogP contribution >= 0.6 is 12.2 Å². The fourth-order valence-electron chi connectivity index (χ4n) is 2.17. The van der Waals surface area contributed by atoms with E-state index in [4.69, 9.17) is 22.7 Å². The highest BCUT2D eigenvalue weighted by atomic mass is 32.1. The van der Waals surface area contributed by atoms with Crippen LogP contribution in [0.15, 0.2) is 42.5 Å². The molecule has 0 saturated heterocycles. The number of hydrogen-bond acceptors (Lipinski definition) is 3. The van der Waals surface area contributed by atoms with E-state index < -0.39 is 0 Å². The van der Waals surface area contributed by atoms with Crippen LogP contribution in [-0.2, 0) is 0 Å². The standard InChI is InChI=1S/C15H8N4S/c16-8-10-5-6-12(7-11(10)9-17)19-14-4-2-1-3-13(14)18-15(19)20/h1-7H,(H,18,20). The van der Waals surface area contributed by atoms with Gasteiger partial charge in [-0.05, 0) is 42.5 Å². The molecule has 3 rings (SSSR count). The minimum Gasteiger partial charge on any atom is -0.330 e. The van der Waals surface area contributed by atoms with Crippen molar-refractivity contribution in [3.8, 4) is 17.8 Å². The number of aromatic amines is 1. The van der Waals surface area contributed by atoms with Crippen molar-refractivity contribution < 1.29 is 0 Å². The molecule has 0 aliphatic rings. The zero-order chi connectivity index (χ0) is 14.1. The van der Waals surface area contributed by atoms with Crippen LogP contribution in [0.25, 0.3) is 16.7 Å². The van der Waals surface area contributed by atoms with E-state index in [-0.39, 0.29) is 0 Å². The fraction of sp³-hybridized carbons (Fsp3) is 0. The Morgan fingerprint density at radius 1 is 1.00 bits per heavy atom. The summed E-state index contributed by atoms with van der Waals surface area (Å²) >= 11 is 5.34. The van der Waals surface area contributed by atoms with E-state index in [1.54, 1.807) is 18.2 Å². The molecule has 20 heavy (non-hydrogen) atoms. The smallest absolute Gasteiger partial charge is 0.182 e. The molecule has 5 heteroatoms. The van der Waals surface area contributed by atoms with Crippen LogP contribution in [0, 0.1) is 27.4 Å². The van der Waals surface area contributed by atoms with Gasteiger partial charge in [0, 0.05) is 5.69 Å². The Balaban J connectivity index is 2.33. The van der Waals surface area contributed by atoms with Gasteiger partial charge in [-0.3, -0.25) is 4.57 Å². The van der Waals surface area contributed by atoms with Gasteiger partial charge in [-0.1, -0.05) is 12.1 Å². The molecular weight excluding hydrogens is 268 g/mol. The highest BCUT2D eigenvalue weighted by Gasteiger charge is 2.08. The van der Waals surface area contributed by atoms with Crippen LogP contribution < -0.4 is 0 Å². The predicted octanol–water partition coefficient (Wildman–Crippen LogP) is 3.43. The van der Waals surface area contributed by atoms with Gasteiger partial charge in [0.15, 0.2) is 4.77 Å². The number of nitriles is 2. The summed E-state index contributed by atoms with van der Waals surface area (Å²) in [7, 11) is 0. The molecule has 0 aliphatic carbocycles. The van der Waals surface area contributed by atoms with E-state index in [0.29, 0.717) is 15.9 Å². The first-order chi connectivity index (χ1) is 9.74. The Hall–Kier alpha value is -2.89. The molecule has 0 saturated carbocycles. The number of aromatic nitrogens is 2. The molecule has 3 aromatic rings. The van der Waals surface area contributed by atoms with Crippen molar-refractivity contribution >= 4 is 23.3 Å². The quantitative estimate of drug-likeness (QED) is 0.692. The van der Waals surface area contributed by atoms with Crippen molar-refractivity contribution in [2.45, 2.75) is 0 Å². The molecule has 94 valence electrons. The van der Waals surface area contributed by atoms with Gasteiger partial charge in [0.25, 0.3) is 0 Å².